The standard InChI is InChI=1S/C19H19N3O2S/c1-13-5-6-15(14(2)9-13)10-17-18(23)22(7-4-8-24-3)19(25-17)16(11-20)12-21/h5-6,9-10H,4,7-8H2,1-3H3/b17-10+. The number of thiazole rings is 1. The lowest BCUT2D eigenvalue weighted by molar-refractivity contribution is 0.190. The van der Waals surface area contributed by atoms with Crippen molar-refractivity contribution in [3.63, 3.8) is 0 Å². The van der Waals surface area contributed by atoms with Crippen molar-refractivity contribution in [1.29, 1.82) is 10.5 Å². The van der Waals surface area contributed by atoms with Gasteiger partial charge in [-0.15, -0.1) is 11.3 Å². The Kier molecular flexibility index (Phi) is 6.30. The summed E-state index contributed by atoms with van der Waals surface area (Å²) >= 11 is 1.18. The van der Waals surface area contributed by atoms with Gasteiger partial charge in [0.25, 0.3) is 5.56 Å². The fourth-order valence-electron chi connectivity index (χ4n) is 2.52. The topological polar surface area (TPSA) is 78.8 Å². The number of benzene rings is 1. The van der Waals surface area contributed by atoms with Gasteiger partial charge in [-0.2, -0.15) is 10.5 Å². The molecule has 0 aliphatic rings. The normalized spacial score (nSPS) is 11.2. The Hall–Kier alpha value is -2.67. The summed E-state index contributed by atoms with van der Waals surface area (Å²) in [6.45, 7) is 4.93. The number of hydrogen-bond donors (Lipinski definition) is 0. The van der Waals surface area contributed by atoms with Crippen molar-refractivity contribution in [2.24, 2.45) is 0 Å². The second-order valence-corrected chi connectivity index (χ2v) is 6.71. The summed E-state index contributed by atoms with van der Waals surface area (Å²) < 4.78 is 7.45. The van der Waals surface area contributed by atoms with Gasteiger partial charge >= 0.3 is 0 Å². The highest BCUT2D eigenvalue weighted by Crippen LogP contribution is 2.10. The SMILES string of the molecule is COCCCn1c(=C(C#N)C#N)s/c(=C/c2ccc(C)cc2C)c1=O. The highest BCUT2D eigenvalue weighted by Gasteiger charge is 2.09. The molecular weight excluding hydrogens is 334 g/mol. The van der Waals surface area contributed by atoms with Crippen LogP contribution in [0.3, 0.4) is 0 Å². The zero-order valence-electron chi connectivity index (χ0n) is 14.5. The largest absolute Gasteiger partial charge is 0.385 e. The second kappa shape index (κ2) is 8.43. The molecule has 128 valence electrons. The molecule has 2 rings (SSSR count). The van der Waals surface area contributed by atoms with Gasteiger partial charge in [0.2, 0.25) is 0 Å². The Labute approximate surface area is 150 Å². The number of hydrogen-bond acceptors (Lipinski definition) is 5. The van der Waals surface area contributed by atoms with Crippen LogP contribution in [0.4, 0.5) is 0 Å². The van der Waals surface area contributed by atoms with Gasteiger partial charge in [0.05, 0.1) is 4.53 Å². The van der Waals surface area contributed by atoms with Gasteiger partial charge in [-0.3, -0.25) is 9.36 Å². The highest BCUT2D eigenvalue weighted by atomic mass is 32.1. The van der Waals surface area contributed by atoms with Gasteiger partial charge in [-0.1, -0.05) is 23.8 Å². The first-order valence-electron chi connectivity index (χ1n) is 7.84. The quantitative estimate of drug-likeness (QED) is 0.765. The number of nitriles is 2. The van der Waals surface area contributed by atoms with Gasteiger partial charge < -0.3 is 4.74 Å². The lowest BCUT2D eigenvalue weighted by Crippen LogP contribution is -2.32. The monoisotopic (exact) mass is 353 g/mol. The van der Waals surface area contributed by atoms with Crippen LogP contribution in [0.2, 0.25) is 0 Å². The van der Waals surface area contributed by atoms with E-state index in [1.165, 1.54) is 15.9 Å². The Bertz CT molecular complexity index is 1020. The summed E-state index contributed by atoms with van der Waals surface area (Å²) in [4.78, 5) is 12.8. The molecule has 0 unspecified atom stereocenters. The van der Waals surface area contributed by atoms with E-state index in [-0.39, 0.29) is 11.1 Å². The molecule has 6 heteroatoms. The maximum atomic E-state index is 12.8. The predicted molar refractivity (Wildman–Crippen MR) is 98.4 cm³/mol. The van der Waals surface area contributed by atoms with Crippen LogP contribution >= 0.6 is 11.3 Å². The van der Waals surface area contributed by atoms with E-state index in [4.69, 9.17) is 4.74 Å². The van der Waals surface area contributed by atoms with Crippen molar-refractivity contribution in [3.05, 3.63) is 54.4 Å². The molecule has 0 radical (unpaired) electrons. The molecule has 0 saturated carbocycles. The lowest BCUT2D eigenvalue weighted by Gasteiger charge is -2.01. The smallest absolute Gasteiger partial charge is 0.269 e. The molecule has 0 amide bonds. The highest BCUT2D eigenvalue weighted by molar-refractivity contribution is 7.07. The van der Waals surface area contributed by atoms with Crippen molar-refractivity contribution >= 4 is 23.0 Å². The third kappa shape index (κ3) is 4.24. The first-order valence-corrected chi connectivity index (χ1v) is 8.65. The van der Waals surface area contributed by atoms with Crippen LogP contribution in [0.5, 0.6) is 0 Å². The predicted octanol–water partition coefficient (Wildman–Crippen LogP) is 1.59. The number of aryl methyl sites for hydroxylation is 2. The van der Waals surface area contributed by atoms with E-state index in [0.717, 1.165) is 16.7 Å². The summed E-state index contributed by atoms with van der Waals surface area (Å²) in [5.74, 6) is 0. The third-order valence-corrected chi connectivity index (χ3v) is 4.92. The van der Waals surface area contributed by atoms with Crippen LogP contribution in [0.1, 0.15) is 23.1 Å². The fourth-order valence-corrected chi connectivity index (χ4v) is 3.59. The number of methoxy groups -OCH3 is 1. The number of aromatic nitrogens is 1. The molecular formula is C19H19N3O2S. The molecule has 0 bridgehead atoms. The number of rotatable bonds is 5. The molecule has 0 fully saturated rings. The summed E-state index contributed by atoms with van der Waals surface area (Å²) in [5.41, 5.74) is 2.96. The van der Waals surface area contributed by atoms with Crippen molar-refractivity contribution in [2.45, 2.75) is 26.8 Å². The van der Waals surface area contributed by atoms with E-state index in [1.807, 2.05) is 44.2 Å². The second-order valence-electron chi connectivity index (χ2n) is 5.68. The van der Waals surface area contributed by atoms with Crippen LogP contribution in [-0.2, 0) is 11.3 Å². The molecule has 0 atom stereocenters. The molecule has 1 aromatic carbocycles. The molecule has 1 aromatic heterocycles. The van der Waals surface area contributed by atoms with Crippen LogP contribution in [0.15, 0.2) is 23.0 Å². The molecule has 0 spiro atoms. The van der Waals surface area contributed by atoms with Crippen LogP contribution < -0.4 is 14.8 Å². The van der Waals surface area contributed by atoms with E-state index in [0.29, 0.717) is 28.8 Å². The summed E-state index contributed by atoms with van der Waals surface area (Å²) in [7, 11) is 1.60. The minimum absolute atomic E-state index is 0.0419. The van der Waals surface area contributed by atoms with Gasteiger partial charge in [-0.25, -0.2) is 0 Å². The Morgan fingerprint density at radius 3 is 2.64 bits per heavy atom. The summed E-state index contributed by atoms with van der Waals surface area (Å²) in [6.07, 6.45) is 2.46. The molecule has 25 heavy (non-hydrogen) atoms. The zero-order valence-corrected chi connectivity index (χ0v) is 15.3. The Morgan fingerprint density at radius 1 is 1.32 bits per heavy atom. The zero-order chi connectivity index (χ0) is 18.4. The van der Waals surface area contributed by atoms with Crippen molar-refractivity contribution in [3.8, 4) is 12.1 Å². The summed E-state index contributed by atoms with van der Waals surface area (Å²) in [5, 5.41) is 18.4. The molecule has 0 aliphatic carbocycles. The molecule has 0 saturated heterocycles. The first kappa shape index (κ1) is 18.7. The van der Waals surface area contributed by atoms with Gasteiger partial charge in [0.1, 0.15) is 16.8 Å². The van der Waals surface area contributed by atoms with E-state index >= 15 is 0 Å². The van der Waals surface area contributed by atoms with E-state index in [1.54, 1.807) is 7.11 Å². The van der Waals surface area contributed by atoms with Gasteiger partial charge in [0.15, 0.2) is 5.57 Å². The van der Waals surface area contributed by atoms with Gasteiger partial charge in [0, 0.05) is 20.3 Å². The molecule has 1 heterocycles. The lowest BCUT2D eigenvalue weighted by atomic mass is 10.1. The molecule has 0 aliphatic heterocycles. The average molecular weight is 353 g/mol. The maximum absolute atomic E-state index is 12.8. The maximum Gasteiger partial charge on any atom is 0.269 e. The van der Waals surface area contributed by atoms with Crippen molar-refractivity contribution < 1.29 is 4.74 Å². The average Bonchev–Trinajstić information content (AvgIpc) is 2.88. The molecule has 5 nitrogen and oxygen atoms in total. The fraction of sp³-hybridized carbons (Fsp3) is 0.316. The molecule has 2 aromatic rings. The van der Waals surface area contributed by atoms with Crippen molar-refractivity contribution in [2.75, 3.05) is 13.7 Å². The van der Waals surface area contributed by atoms with E-state index < -0.39 is 0 Å². The first-order chi connectivity index (χ1) is 12.0. The summed E-state index contributed by atoms with van der Waals surface area (Å²) in [6, 6.07) is 9.78. The number of ether oxygens (including phenoxy) is 1. The third-order valence-electron chi connectivity index (χ3n) is 3.79. The van der Waals surface area contributed by atoms with Crippen molar-refractivity contribution in [1.82, 2.24) is 4.57 Å². The van der Waals surface area contributed by atoms with Crippen LogP contribution in [-0.4, -0.2) is 18.3 Å². The van der Waals surface area contributed by atoms with Crippen LogP contribution in [0.25, 0.3) is 11.6 Å². The van der Waals surface area contributed by atoms with Crippen LogP contribution in [0, 0.1) is 36.5 Å². The molecule has 0 N–H and O–H groups in total. The van der Waals surface area contributed by atoms with E-state index in [9.17, 15) is 15.3 Å². The van der Waals surface area contributed by atoms with Gasteiger partial charge in [-0.05, 0) is 37.5 Å². The number of nitrogens with zero attached hydrogens (tertiary/aromatic N) is 3. The minimum Gasteiger partial charge on any atom is -0.385 e. The van der Waals surface area contributed by atoms with E-state index in [2.05, 4.69) is 6.07 Å². The minimum atomic E-state index is -0.181. The Balaban J connectivity index is 2.69. The Morgan fingerprint density at radius 2 is 2.04 bits per heavy atom.